The molecule has 2 aliphatic heterocycles. The first-order chi connectivity index (χ1) is 17.1. The van der Waals surface area contributed by atoms with Gasteiger partial charge in [-0.25, -0.2) is 9.78 Å². The smallest absolute Gasteiger partial charge is 0.475 e. The first-order valence-electron chi connectivity index (χ1n) is 10.9. The maximum Gasteiger partial charge on any atom is 0.490 e. The van der Waals surface area contributed by atoms with Crippen LogP contribution in [-0.4, -0.2) is 87.0 Å². The number of imidazole rings is 1. The minimum absolute atomic E-state index is 0.173. The number of aromatic nitrogens is 3. The van der Waals surface area contributed by atoms with Crippen molar-refractivity contribution in [3.05, 3.63) is 35.4 Å². The summed E-state index contributed by atoms with van der Waals surface area (Å²) in [7, 11) is 0. The number of carboxylic acid groups (broad SMARTS) is 1. The Hall–Kier alpha value is -3.13. The summed E-state index contributed by atoms with van der Waals surface area (Å²) in [5, 5.41) is 26.9. The van der Waals surface area contributed by atoms with E-state index in [2.05, 4.69) is 32.0 Å². The van der Waals surface area contributed by atoms with Gasteiger partial charge in [-0.2, -0.15) is 18.2 Å². The quantitative estimate of drug-likeness (QED) is 0.391. The lowest BCUT2D eigenvalue weighted by molar-refractivity contribution is -0.192. The second-order valence-corrected chi connectivity index (χ2v) is 8.53. The number of aliphatic hydroxyl groups is 2. The standard InChI is InChI=1S/C20H21ClN4O4.C2HF3O2/c21-13-8-14-19(24-20(22-14)29-16-10-28-15(9-26)18(16)27)23-17(13)11-2-4-12(5-3-11)25-6-1-7-25;3-2(4,5)1(6)7/h2-5,8,15-16,18,26-27H,1,6-7,9-10H2,(H,22,23,24);(H,6,7)/t15-,16-,18-;/m1./s1. The molecule has 2 saturated heterocycles. The van der Waals surface area contributed by atoms with Gasteiger partial charge in [0.15, 0.2) is 11.8 Å². The molecule has 1 aromatic carbocycles. The highest BCUT2D eigenvalue weighted by Gasteiger charge is 2.38. The third-order valence-electron chi connectivity index (χ3n) is 5.69. The summed E-state index contributed by atoms with van der Waals surface area (Å²) in [6.07, 6.45) is -6.04. The molecule has 10 nitrogen and oxygen atoms in total. The number of halogens is 4. The lowest BCUT2D eigenvalue weighted by Gasteiger charge is -2.33. The molecule has 2 aromatic heterocycles. The van der Waals surface area contributed by atoms with Gasteiger partial charge in [-0.15, -0.1) is 0 Å². The molecule has 3 atom stereocenters. The fraction of sp³-hybridized carbons (Fsp3) is 0.409. The molecular formula is C22H22ClF3N4O6. The number of benzene rings is 1. The minimum Gasteiger partial charge on any atom is -0.475 e. The number of fused-ring (bicyclic) bond motifs is 1. The van der Waals surface area contributed by atoms with Crippen LogP contribution in [-0.2, 0) is 9.53 Å². The van der Waals surface area contributed by atoms with Crippen molar-refractivity contribution in [2.24, 2.45) is 0 Å². The zero-order valence-electron chi connectivity index (χ0n) is 18.6. The molecule has 36 heavy (non-hydrogen) atoms. The van der Waals surface area contributed by atoms with Crippen LogP contribution in [0, 0.1) is 0 Å². The number of anilines is 1. The summed E-state index contributed by atoms with van der Waals surface area (Å²) < 4.78 is 42.7. The maximum absolute atomic E-state index is 10.6. The van der Waals surface area contributed by atoms with Crippen molar-refractivity contribution in [1.82, 2.24) is 15.0 Å². The Morgan fingerprint density at radius 3 is 2.44 bits per heavy atom. The number of aromatic amines is 1. The summed E-state index contributed by atoms with van der Waals surface area (Å²) in [5.74, 6) is -2.76. The van der Waals surface area contributed by atoms with Crippen LogP contribution in [0.1, 0.15) is 6.42 Å². The number of aliphatic hydroxyl groups excluding tert-OH is 2. The molecule has 5 rings (SSSR count). The predicted octanol–water partition coefficient (Wildman–Crippen LogP) is 2.62. The normalized spacial score (nSPS) is 21.6. The van der Waals surface area contributed by atoms with Crippen molar-refractivity contribution >= 4 is 34.4 Å². The molecule has 0 radical (unpaired) electrons. The molecule has 194 valence electrons. The molecular weight excluding hydrogens is 509 g/mol. The Morgan fingerprint density at radius 1 is 1.25 bits per heavy atom. The van der Waals surface area contributed by atoms with Gasteiger partial charge in [-0.3, -0.25) is 0 Å². The molecule has 14 heteroatoms. The third kappa shape index (κ3) is 5.64. The van der Waals surface area contributed by atoms with E-state index in [-0.39, 0.29) is 19.2 Å². The largest absolute Gasteiger partial charge is 0.490 e. The lowest BCUT2D eigenvalue weighted by Crippen LogP contribution is -2.36. The molecule has 2 aliphatic rings. The number of carboxylic acids is 1. The molecule has 0 unspecified atom stereocenters. The molecule has 4 heterocycles. The lowest BCUT2D eigenvalue weighted by atomic mass is 10.1. The molecule has 3 aromatic rings. The second kappa shape index (κ2) is 10.5. The fourth-order valence-corrected chi connectivity index (χ4v) is 3.88. The van der Waals surface area contributed by atoms with Crippen molar-refractivity contribution in [3.8, 4) is 17.3 Å². The Bertz CT molecular complexity index is 1220. The Kier molecular flexibility index (Phi) is 7.54. The second-order valence-electron chi connectivity index (χ2n) is 8.12. The van der Waals surface area contributed by atoms with Gasteiger partial charge in [0, 0.05) is 24.3 Å². The minimum atomic E-state index is -5.08. The summed E-state index contributed by atoms with van der Waals surface area (Å²) >= 11 is 6.47. The summed E-state index contributed by atoms with van der Waals surface area (Å²) in [6, 6.07) is 10.2. The average Bonchev–Trinajstić information content (AvgIpc) is 3.34. The monoisotopic (exact) mass is 530 g/mol. The number of aliphatic carboxylic acids is 1. The van der Waals surface area contributed by atoms with Crippen LogP contribution >= 0.6 is 11.6 Å². The highest BCUT2D eigenvalue weighted by molar-refractivity contribution is 6.33. The van der Waals surface area contributed by atoms with E-state index in [4.69, 9.17) is 31.0 Å². The first-order valence-corrected chi connectivity index (χ1v) is 11.2. The zero-order chi connectivity index (χ0) is 26.0. The predicted molar refractivity (Wildman–Crippen MR) is 122 cm³/mol. The highest BCUT2D eigenvalue weighted by Crippen LogP contribution is 2.32. The number of ether oxygens (including phenoxy) is 2. The number of carbonyl (C=O) groups is 1. The van der Waals surface area contributed by atoms with Crippen molar-refractivity contribution in [2.45, 2.75) is 30.9 Å². The zero-order valence-corrected chi connectivity index (χ0v) is 19.3. The Labute approximate surface area is 207 Å². The summed E-state index contributed by atoms with van der Waals surface area (Å²) in [4.78, 5) is 23.2. The summed E-state index contributed by atoms with van der Waals surface area (Å²) in [5.41, 5.74) is 3.87. The van der Waals surface area contributed by atoms with E-state index in [9.17, 15) is 23.4 Å². The third-order valence-corrected chi connectivity index (χ3v) is 5.98. The number of alkyl halides is 3. The van der Waals surface area contributed by atoms with E-state index in [1.165, 1.54) is 12.1 Å². The molecule has 0 spiro atoms. The van der Waals surface area contributed by atoms with Crippen LogP contribution in [0.25, 0.3) is 22.4 Å². The number of nitrogens with zero attached hydrogens (tertiary/aromatic N) is 3. The van der Waals surface area contributed by atoms with E-state index in [1.807, 2.05) is 12.1 Å². The van der Waals surface area contributed by atoms with Gasteiger partial charge in [-0.1, -0.05) is 23.7 Å². The number of nitrogens with one attached hydrogen (secondary N) is 1. The van der Waals surface area contributed by atoms with E-state index < -0.39 is 30.5 Å². The SMILES string of the molecule is O=C(O)C(F)(F)F.OC[C@H]1OC[C@@H](Oc2nc3nc(-c4ccc(N5CCC5)cc4)c(Cl)cc3[nH]2)[C@@H]1O. The van der Waals surface area contributed by atoms with Gasteiger partial charge in [0.1, 0.15) is 12.2 Å². The van der Waals surface area contributed by atoms with Crippen LogP contribution in [0.4, 0.5) is 18.9 Å². The summed E-state index contributed by atoms with van der Waals surface area (Å²) in [6.45, 7) is 2.10. The maximum atomic E-state index is 10.6. The highest BCUT2D eigenvalue weighted by atomic mass is 35.5. The number of H-pyrrole nitrogens is 1. The van der Waals surface area contributed by atoms with Gasteiger partial charge in [-0.05, 0) is 24.6 Å². The van der Waals surface area contributed by atoms with Gasteiger partial charge in [0.25, 0.3) is 6.01 Å². The molecule has 2 fully saturated rings. The molecule has 0 saturated carbocycles. The van der Waals surface area contributed by atoms with Crippen LogP contribution in [0.3, 0.4) is 0 Å². The number of hydrogen-bond donors (Lipinski definition) is 4. The van der Waals surface area contributed by atoms with Crippen LogP contribution in [0.15, 0.2) is 30.3 Å². The van der Waals surface area contributed by atoms with Gasteiger partial charge in [0.05, 0.1) is 29.4 Å². The van der Waals surface area contributed by atoms with E-state index in [0.29, 0.717) is 21.9 Å². The fourth-order valence-electron chi connectivity index (χ4n) is 3.62. The Balaban J connectivity index is 0.000000384. The number of pyridine rings is 1. The van der Waals surface area contributed by atoms with Crippen molar-refractivity contribution in [3.63, 3.8) is 0 Å². The molecule has 0 bridgehead atoms. The topological polar surface area (TPSA) is 141 Å². The van der Waals surface area contributed by atoms with Crippen molar-refractivity contribution < 1.29 is 42.8 Å². The van der Waals surface area contributed by atoms with Gasteiger partial charge in [0.2, 0.25) is 0 Å². The van der Waals surface area contributed by atoms with Crippen LogP contribution in [0.2, 0.25) is 5.02 Å². The molecule has 0 aliphatic carbocycles. The average molecular weight is 531 g/mol. The number of hydrogen-bond acceptors (Lipinski definition) is 8. The van der Waals surface area contributed by atoms with E-state index in [1.54, 1.807) is 6.07 Å². The van der Waals surface area contributed by atoms with Crippen molar-refractivity contribution in [2.75, 3.05) is 31.2 Å². The number of rotatable bonds is 5. The molecule has 0 amide bonds. The van der Waals surface area contributed by atoms with Crippen molar-refractivity contribution in [1.29, 1.82) is 0 Å². The van der Waals surface area contributed by atoms with Gasteiger partial charge < -0.3 is 34.7 Å². The van der Waals surface area contributed by atoms with Gasteiger partial charge >= 0.3 is 12.1 Å². The molecule has 4 N–H and O–H groups in total. The van der Waals surface area contributed by atoms with E-state index >= 15 is 0 Å². The van der Waals surface area contributed by atoms with Crippen LogP contribution in [0.5, 0.6) is 6.01 Å². The van der Waals surface area contributed by atoms with Crippen LogP contribution < -0.4 is 9.64 Å². The van der Waals surface area contributed by atoms with E-state index in [0.717, 1.165) is 18.7 Å². The first kappa shape index (κ1) is 25.9. The Morgan fingerprint density at radius 2 is 1.92 bits per heavy atom.